The number of ketones is 1. The first-order valence-electron chi connectivity index (χ1n) is 6.76. The molecule has 0 amide bonds. The van der Waals surface area contributed by atoms with Gasteiger partial charge in [0.15, 0.2) is 5.78 Å². The Kier molecular flexibility index (Phi) is 4.73. The molecule has 1 heterocycles. The molecular formula is C15H27NO2. The fourth-order valence-electron chi connectivity index (χ4n) is 2.88. The molecule has 1 aliphatic heterocycles. The van der Waals surface area contributed by atoms with E-state index in [-0.39, 0.29) is 16.9 Å². The molecule has 0 saturated carbocycles. The maximum Gasteiger partial charge on any atom is 0.152 e. The molecule has 0 radical (unpaired) electrons. The van der Waals surface area contributed by atoms with Gasteiger partial charge in [0, 0.05) is 11.1 Å². The third-order valence-corrected chi connectivity index (χ3v) is 3.55. The quantitative estimate of drug-likeness (QED) is 0.718. The standard InChI is InChI=1S/C15H27NO2/c1-12(10-13(2)17)11-18-16-14(3,4)8-7-9-15(16,5)6/h10H,7-9,11H2,1-6H3/b12-10+. The first-order valence-corrected chi connectivity index (χ1v) is 6.76. The largest absolute Gasteiger partial charge is 0.295 e. The molecule has 0 aliphatic carbocycles. The van der Waals surface area contributed by atoms with Crippen molar-refractivity contribution < 1.29 is 9.63 Å². The fraction of sp³-hybridized carbons (Fsp3) is 0.800. The van der Waals surface area contributed by atoms with Gasteiger partial charge in [-0.2, -0.15) is 5.06 Å². The van der Waals surface area contributed by atoms with E-state index in [1.54, 1.807) is 13.0 Å². The van der Waals surface area contributed by atoms with Crippen molar-refractivity contribution in [3.8, 4) is 0 Å². The molecule has 104 valence electrons. The van der Waals surface area contributed by atoms with E-state index in [1.807, 2.05) is 6.92 Å². The number of piperidine rings is 1. The number of hydroxylamine groups is 2. The second-order valence-corrected chi connectivity index (χ2v) is 6.65. The number of hydrogen-bond acceptors (Lipinski definition) is 3. The van der Waals surface area contributed by atoms with Crippen LogP contribution in [-0.2, 0) is 9.63 Å². The molecule has 1 aliphatic rings. The van der Waals surface area contributed by atoms with Gasteiger partial charge in [-0.1, -0.05) is 0 Å². The van der Waals surface area contributed by atoms with Gasteiger partial charge >= 0.3 is 0 Å². The maximum atomic E-state index is 11.0. The lowest BCUT2D eigenvalue weighted by Crippen LogP contribution is -2.58. The van der Waals surface area contributed by atoms with Crippen LogP contribution in [0.15, 0.2) is 11.6 Å². The summed E-state index contributed by atoms with van der Waals surface area (Å²) in [5.74, 6) is 0.0771. The lowest BCUT2D eigenvalue weighted by Gasteiger charge is -2.51. The van der Waals surface area contributed by atoms with Crippen molar-refractivity contribution in [3.63, 3.8) is 0 Å². The first kappa shape index (κ1) is 15.4. The SMILES string of the molecule is CC(=O)/C=C(\C)CON1C(C)(C)CCCC1(C)C. The zero-order valence-corrected chi connectivity index (χ0v) is 12.7. The zero-order valence-electron chi connectivity index (χ0n) is 12.7. The van der Waals surface area contributed by atoms with Gasteiger partial charge in [-0.25, -0.2) is 0 Å². The smallest absolute Gasteiger partial charge is 0.152 e. The van der Waals surface area contributed by atoms with E-state index in [4.69, 9.17) is 4.84 Å². The first-order chi connectivity index (χ1) is 8.15. The summed E-state index contributed by atoms with van der Waals surface area (Å²) in [6.45, 7) is 12.9. The van der Waals surface area contributed by atoms with Crippen molar-refractivity contribution in [1.29, 1.82) is 0 Å². The average molecular weight is 253 g/mol. The van der Waals surface area contributed by atoms with Gasteiger partial charge in [-0.05, 0) is 72.5 Å². The Hall–Kier alpha value is -0.670. The molecule has 1 rings (SSSR count). The lowest BCUT2D eigenvalue weighted by atomic mass is 9.82. The van der Waals surface area contributed by atoms with Crippen LogP contribution >= 0.6 is 0 Å². The Morgan fingerprint density at radius 2 is 1.67 bits per heavy atom. The van der Waals surface area contributed by atoms with Gasteiger partial charge in [0.1, 0.15) is 0 Å². The highest BCUT2D eigenvalue weighted by Crippen LogP contribution is 2.38. The van der Waals surface area contributed by atoms with Crippen LogP contribution in [0.5, 0.6) is 0 Å². The molecule has 0 bridgehead atoms. The lowest BCUT2D eigenvalue weighted by molar-refractivity contribution is -0.275. The topological polar surface area (TPSA) is 29.5 Å². The monoisotopic (exact) mass is 253 g/mol. The second-order valence-electron chi connectivity index (χ2n) is 6.65. The van der Waals surface area contributed by atoms with E-state index in [0.29, 0.717) is 6.61 Å². The summed E-state index contributed by atoms with van der Waals surface area (Å²) in [6, 6.07) is 0. The fourth-order valence-corrected chi connectivity index (χ4v) is 2.88. The minimum absolute atomic E-state index is 0.0538. The summed E-state index contributed by atoms with van der Waals surface area (Å²) in [5.41, 5.74) is 1.08. The van der Waals surface area contributed by atoms with Crippen molar-refractivity contribution in [2.75, 3.05) is 6.61 Å². The molecule has 0 atom stereocenters. The van der Waals surface area contributed by atoms with E-state index >= 15 is 0 Å². The van der Waals surface area contributed by atoms with Gasteiger partial charge in [0.2, 0.25) is 0 Å². The van der Waals surface area contributed by atoms with E-state index in [0.717, 1.165) is 18.4 Å². The summed E-state index contributed by atoms with van der Waals surface area (Å²) >= 11 is 0. The average Bonchev–Trinajstić information content (AvgIpc) is 2.12. The van der Waals surface area contributed by atoms with E-state index in [9.17, 15) is 4.79 Å². The summed E-state index contributed by atoms with van der Waals surface area (Å²) in [5, 5.41) is 2.13. The second kappa shape index (κ2) is 5.54. The summed E-state index contributed by atoms with van der Waals surface area (Å²) in [4.78, 5) is 17.0. The Morgan fingerprint density at radius 3 is 2.11 bits per heavy atom. The van der Waals surface area contributed by atoms with Crippen LogP contribution < -0.4 is 0 Å². The maximum absolute atomic E-state index is 11.0. The van der Waals surface area contributed by atoms with E-state index in [2.05, 4.69) is 32.8 Å². The van der Waals surface area contributed by atoms with Crippen LogP contribution in [0.4, 0.5) is 0 Å². The molecule has 3 nitrogen and oxygen atoms in total. The van der Waals surface area contributed by atoms with Crippen LogP contribution in [-0.4, -0.2) is 28.5 Å². The molecule has 18 heavy (non-hydrogen) atoms. The Balaban J connectivity index is 2.70. The molecular weight excluding hydrogens is 226 g/mol. The van der Waals surface area contributed by atoms with Crippen molar-refractivity contribution in [2.45, 2.75) is 71.9 Å². The number of hydrogen-bond donors (Lipinski definition) is 0. The minimum Gasteiger partial charge on any atom is -0.295 e. The predicted molar refractivity (Wildman–Crippen MR) is 74.2 cm³/mol. The van der Waals surface area contributed by atoms with Crippen LogP contribution in [0, 0.1) is 0 Å². The van der Waals surface area contributed by atoms with Crippen molar-refractivity contribution in [1.82, 2.24) is 5.06 Å². The highest BCUT2D eigenvalue weighted by Gasteiger charge is 2.42. The van der Waals surface area contributed by atoms with Crippen LogP contribution in [0.2, 0.25) is 0 Å². The zero-order chi connectivity index (χ0) is 14.0. The highest BCUT2D eigenvalue weighted by atomic mass is 16.7. The van der Waals surface area contributed by atoms with Crippen LogP contribution in [0.25, 0.3) is 0 Å². The van der Waals surface area contributed by atoms with E-state index in [1.165, 1.54) is 6.42 Å². The van der Waals surface area contributed by atoms with Crippen molar-refractivity contribution in [2.24, 2.45) is 0 Å². The third kappa shape index (κ3) is 3.92. The van der Waals surface area contributed by atoms with E-state index < -0.39 is 0 Å². The van der Waals surface area contributed by atoms with Gasteiger partial charge < -0.3 is 0 Å². The van der Waals surface area contributed by atoms with Gasteiger partial charge in [0.05, 0.1) is 6.61 Å². The van der Waals surface area contributed by atoms with Crippen molar-refractivity contribution in [3.05, 3.63) is 11.6 Å². The molecule has 0 aromatic heterocycles. The molecule has 0 N–H and O–H groups in total. The van der Waals surface area contributed by atoms with Crippen molar-refractivity contribution >= 4 is 5.78 Å². The highest BCUT2D eigenvalue weighted by molar-refractivity contribution is 5.87. The Morgan fingerprint density at radius 1 is 1.17 bits per heavy atom. The number of allylic oxidation sites excluding steroid dienone is 1. The number of rotatable bonds is 4. The third-order valence-electron chi connectivity index (χ3n) is 3.55. The number of carbonyl (C=O) groups excluding carboxylic acids is 1. The normalized spacial score (nSPS) is 24.0. The van der Waals surface area contributed by atoms with Gasteiger partial charge in [-0.3, -0.25) is 9.63 Å². The molecule has 3 heteroatoms. The van der Waals surface area contributed by atoms with Crippen LogP contribution in [0.3, 0.4) is 0 Å². The number of nitrogens with zero attached hydrogens (tertiary/aromatic N) is 1. The molecule has 1 fully saturated rings. The van der Waals surface area contributed by atoms with Crippen LogP contribution in [0.1, 0.15) is 60.8 Å². The molecule has 0 aromatic carbocycles. The predicted octanol–water partition coefficient (Wildman–Crippen LogP) is 3.50. The molecule has 0 aromatic rings. The summed E-state index contributed by atoms with van der Waals surface area (Å²) in [7, 11) is 0. The molecule has 1 saturated heterocycles. The summed E-state index contributed by atoms with van der Waals surface area (Å²) < 4.78 is 0. The number of carbonyl (C=O) groups is 1. The van der Waals surface area contributed by atoms with Gasteiger partial charge in [-0.15, -0.1) is 0 Å². The molecule has 0 unspecified atom stereocenters. The Labute approximate surface area is 111 Å². The Bertz CT molecular complexity index is 326. The molecule has 0 spiro atoms. The van der Waals surface area contributed by atoms with Gasteiger partial charge in [0.25, 0.3) is 0 Å². The summed E-state index contributed by atoms with van der Waals surface area (Å²) in [6.07, 6.45) is 5.17. The minimum atomic E-state index is 0.0538.